The van der Waals surface area contributed by atoms with Crippen LogP contribution in [0.1, 0.15) is 6.92 Å². The highest BCUT2D eigenvalue weighted by Crippen LogP contribution is 2.15. The third kappa shape index (κ3) is 3.03. The van der Waals surface area contributed by atoms with Gasteiger partial charge in [0.05, 0.1) is 11.6 Å². The Morgan fingerprint density at radius 3 is 2.58 bits per heavy atom. The molecule has 0 saturated carbocycles. The fourth-order valence-electron chi connectivity index (χ4n) is 2.58. The van der Waals surface area contributed by atoms with E-state index in [0.29, 0.717) is 17.6 Å². The van der Waals surface area contributed by atoms with Crippen molar-refractivity contribution in [2.45, 2.75) is 13.5 Å². The second-order valence-corrected chi connectivity index (χ2v) is 5.31. The molecule has 0 saturated heterocycles. The van der Waals surface area contributed by atoms with Crippen LogP contribution >= 0.6 is 0 Å². The Morgan fingerprint density at radius 2 is 1.88 bits per heavy atom. The van der Waals surface area contributed by atoms with E-state index in [1.165, 1.54) is 29.2 Å². The van der Waals surface area contributed by atoms with Crippen LogP contribution in [0, 0.1) is 5.82 Å². The van der Waals surface area contributed by atoms with Gasteiger partial charge in [0.15, 0.2) is 0 Å². The first-order valence-corrected chi connectivity index (χ1v) is 7.61. The molecule has 0 aliphatic carbocycles. The molecule has 0 bridgehead atoms. The summed E-state index contributed by atoms with van der Waals surface area (Å²) in [5.74, 6) is -0.649. The van der Waals surface area contributed by atoms with Crippen LogP contribution in [-0.2, 0) is 11.3 Å². The van der Waals surface area contributed by atoms with Crippen LogP contribution in [0.25, 0.3) is 10.8 Å². The van der Waals surface area contributed by atoms with Crippen molar-refractivity contribution in [3.8, 4) is 0 Å². The van der Waals surface area contributed by atoms with Gasteiger partial charge in [0, 0.05) is 17.6 Å². The molecule has 0 aliphatic rings. The number of aromatic nitrogens is 2. The molecule has 24 heavy (non-hydrogen) atoms. The van der Waals surface area contributed by atoms with Gasteiger partial charge < -0.3 is 4.90 Å². The Hall–Kier alpha value is -3.02. The molecule has 5 nitrogen and oxygen atoms in total. The smallest absolute Gasteiger partial charge is 0.275 e. The van der Waals surface area contributed by atoms with Gasteiger partial charge in [0.2, 0.25) is 5.91 Å². The van der Waals surface area contributed by atoms with Crippen molar-refractivity contribution in [2.24, 2.45) is 0 Å². The molecule has 1 aromatic heterocycles. The molecule has 2 aromatic carbocycles. The molecule has 6 heteroatoms. The number of fused-ring (bicyclic) bond motifs is 1. The second-order valence-electron chi connectivity index (χ2n) is 5.31. The van der Waals surface area contributed by atoms with Crippen molar-refractivity contribution in [3.05, 3.63) is 70.9 Å². The fourth-order valence-corrected chi connectivity index (χ4v) is 2.58. The van der Waals surface area contributed by atoms with Crippen molar-refractivity contribution in [3.63, 3.8) is 0 Å². The molecular weight excluding hydrogens is 309 g/mol. The molecule has 0 aliphatic heterocycles. The number of benzene rings is 2. The van der Waals surface area contributed by atoms with Gasteiger partial charge in [-0.1, -0.05) is 18.2 Å². The Morgan fingerprint density at radius 1 is 1.17 bits per heavy atom. The van der Waals surface area contributed by atoms with Gasteiger partial charge in [0.25, 0.3) is 5.56 Å². The van der Waals surface area contributed by atoms with Crippen molar-refractivity contribution < 1.29 is 9.18 Å². The van der Waals surface area contributed by atoms with Crippen molar-refractivity contribution in [2.75, 3.05) is 11.4 Å². The molecule has 0 fully saturated rings. The molecule has 122 valence electrons. The first-order chi connectivity index (χ1) is 11.6. The van der Waals surface area contributed by atoms with Crippen LogP contribution in [0.5, 0.6) is 0 Å². The zero-order chi connectivity index (χ0) is 17.1. The Balaban J connectivity index is 1.89. The number of anilines is 1. The van der Waals surface area contributed by atoms with E-state index in [1.54, 1.807) is 24.4 Å². The van der Waals surface area contributed by atoms with E-state index in [0.717, 1.165) is 10.1 Å². The van der Waals surface area contributed by atoms with Crippen LogP contribution in [0.2, 0.25) is 0 Å². The number of halogens is 1. The summed E-state index contributed by atoms with van der Waals surface area (Å²) < 4.78 is 14.2. The topological polar surface area (TPSA) is 55.2 Å². The summed E-state index contributed by atoms with van der Waals surface area (Å²) in [5, 5.41) is 5.32. The summed E-state index contributed by atoms with van der Waals surface area (Å²) in [4.78, 5) is 26.5. The molecule has 0 N–H and O–H groups in total. The fraction of sp³-hybridized carbons (Fsp3) is 0.167. The van der Waals surface area contributed by atoms with Crippen LogP contribution in [0.4, 0.5) is 10.1 Å². The maximum absolute atomic E-state index is 13.0. The molecule has 1 amide bonds. The lowest BCUT2D eigenvalue weighted by Gasteiger charge is -2.21. The number of carbonyl (C=O) groups is 1. The molecule has 3 aromatic rings. The van der Waals surface area contributed by atoms with Crippen LogP contribution < -0.4 is 10.5 Å². The van der Waals surface area contributed by atoms with Gasteiger partial charge >= 0.3 is 0 Å². The minimum atomic E-state index is -0.366. The van der Waals surface area contributed by atoms with E-state index in [-0.39, 0.29) is 23.8 Å². The maximum atomic E-state index is 13.0. The number of likely N-dealkylation sites (N-methyl/N-ethyl adjacent to an activating group) is 1. The summed E-state index contributed by atoms with van der Waals surface area (Å²) in [6.07, 6.45) is 1.57. The molecule has 0 atom stereocenters. The van der Waals surface area contributed by atoms with Crippen molar-refractivity contribution >= 4 is 22.4 Å². The highest BCUT2D eigenvalue weighted by molar-refractivity contribution is 5.93. The van der Waals surface area contributed by atoms with Gasteiger partial charge in [-0.2, -0.15) is 5.10 Å². The zero-order valence-corrected chi connectivity index (χ0v) is 13.1. The normalized spacial score (nSPS) is 10.8. The largest absolute Gasteiger partial charge is 0.311 e. The van der Waals surface area contributed by atoms with E-state index in [2.05, 4.69) is 5.10 Å². The number of amides is 1. The van der Waals surface area contributed by atoms with Gasteiger partial charge in [-0.3, -0.25) is 9.59 Å². The number of carbonyl (C=O) groups excluding carboxylic acids is 1. The quantitative estimate of drug-likeness (QED) is 0.741. The van der Waals surface area contributed by atoms with E-state index in [1.807, 2.05) is 13.0 Å². The number of hydrogen-bond acceptors (Lipinski definition) is 3. The minimum absolute atomic E-state index is 0.172. The summed E-state index contributed by atoms with van der Waals surface area (Å²) in [6.45, 7) is 2.06. The van der Waals surface area contributed by atoms with E-state index in [4.69, 9.17) is 0 Å². The molecule has 3 rings (SSSR count). The van der Waals surface area contributed by atoms with Gasteiger partial charge in [-0.05, 0) is 37.3 Å². The summed E-state index contributed by atoms with van der Waals surface area (Å²) in [6, 6.07) is 12.8. The Bertz CT molecular complexity index is 935. The van der Waals surface area contributed by atoms with Gasteiger partial charge in [0.1, 0.15) is 12.4 Å². The SMILES string of the molecule is CCN(C(=O)Cn1ncc2ccccc2c1=O)c1ccc(F)cc1. The highest BCUT2D eigenvalue weighted by atomic mass is 19.1. The average molecular weight is 325 g/mol. The predicted octanol–water partition coefficient (Wildman–Crippen LogP) is 2.59. The number of rotatable bonds is 4. The van der Waals surface area contributed by atoms with Crippen LogP contribution in [-0.4, -0.2) is 22.2 Å². The lowest BCUT2D eigenvalue weighted by Crippen LogP contribution is -2.37. The summed E-state index contributed by atoms with van der Waals surface area (Å²) in [5.41, 5.74) is 0.273. The number of hydrogen-bond donors (Lipinski definition) is 0. The van der Waals surface area contributed by atoms with Crippen LogP contribution in [0.3, 0.4) is 0 Å². The molecule has 1 heterocycles. The van der Waals surface area contributed by atoms with E-state index >= 15 is 0 Å². The molecule has 0 unspecified atom stereocenters. The van der Waals surface area contributed by atoms with Gasteiger partial charge in [-0.25, -0.2) is 9.07 Å². The van der Waals surface area contributed by atoms with E-state index < -0.39 is 0 Å². The lowest BCUT2D eigenvalue weighted by molar-refractivity contribution is -0.119. The van der Waals surface area contributed by atoms with Crippen molar-refractivity contribution in [1.29, 1.82) is 0 Å². The Labute approximate surface area is 137 Å². The lowest BCUT2D eigenvalue weighted by atomic mass is 10.2. The van der Waals surface area contributed by atoms with Gasteiger partial charge in [-0.15, -0.1) is 0 Å². The third-order valence-electron chi connectivity index (χ3n) is 3.80. The second kappa shape index (κ2) is 6.62. The minimum Gasteiger partial charge on any atom is -0.311 e. The standard InChI is InChI=1S/C18H16FN3O2/c1-2-21(15-9-7-14(19)8-10-15)17(23)12-22-18(24)16-6-4-3-5-13(16)11-20-22/h3-11H,2,12H2,1H3. The van der Waals surface area contributed by atoms with E-state index in [9.17, 15) is 14.0 Å². The first kappa shape index (κ1) is 15.9. The summed E-state index contributed by atoms with van der Waals surface area (Å²) >= 11 is 0. The molecule has 0 radical (unpaired) electrons. The summed E-state index contributed by atoms with van der Waals surface area (Å²) in [7, 11) is 0. The molecular formula is C18H16FN3O2. The van der Waals surface area contributed by atoms with Crippen molar-refractivity contribution in [1.82, 2.24) is 9.78 Å². The predicted molar refractivity (Wildman–Crippen MR) is 90.4 cm³/mol. The molecule has 0 spiro atoms. The zero-order valence-electron chi connectivity index (χ0n) is 13.1. The monoisotopic (exact) mass is 325 g/mol. The average Bonchev–Trinajstić information content (AvgIpc) is 2.60. The maximum Gasteiger partial charge on any atom is 0.275 e. The van der Waals surface area contributed by atoms with Crippen LogP contribution in [0.15, 0.2) is 59.5 Å². The number of nitrogens with zero attached hydrogens (tertiary/aromatic N) is 3. The first-order valence-electron chi connectivity index (χ1n) is 7.61. The highest BCUT2D eigenvalue weighted by Gasteiger charge is 2.16. The Kier molecular flexibility index (Phi) is 4.37. The third-order valence-corrected chi connectivity index (χ3v) is 3.80.